The third kappa shape index (κ3) is 56.4. The summed E-state index contributed by atoms with van der Waals surface area (Å²) in [4.78, 5) is 87.7. The lowest BCUT2D eigenvalue weighted by atomic mass is 10.1. The molecule has 0 aromatic carbocycles. The molecule has 18 nitrogen and oxygen atoms in total. The van der Waals surface area contributed by atoms with E-state index in [2.05, 4.69) is 38.0 Å². The van der Waals surface area contributed by atoms with Crippen molar-refractivity contribution in [2.75, 3.05) is 26.2 Å². The topological polar surface area (TPSA) is 297 Å². The Kier molecular flexibility index (Phi) is 55.1. The average Bonchev–Trinajstić information content (AvgIpc) is 3.17. The Balaban J connectivity index is -0.000000209. The Morgan fingerprint density at radius 3 is 1.77 bits per heavy atom. The van der Waals surface area contributed by atoms with E-state index in [4.69, 9.17) is 26.1 Å². The van der Waals surface area contributed by atoms with Crippen LogP contribution in [-0.2, 0) is 38.4 Å². The van der Waals surface area contributed by atoms with Crippen LogP contribution in [0.25, 0.3) is 0 Å². The molecule has 2 atom stereocenters. The van der Waals surface area contributed by atoms with Gasteiger partial charge < -0.3 is 46.3 Å². The van der Waals surface area contributed by atoms with E-state index in [1.807, 2.05) is 20.8 Å². The summed E-state index contributed by atoms with van der Waals surface area (Å²) < 4.78 is 12.0. The predicted molar refractivity (Wildman–Crippen MR) is 213 cm³/mol. The summed E-state index contributed by atoms with van der Waals surface area (Å²) in [6, 6.07) is 2.00. The van der Waals surface area contributed by atoms with Gasteiger partial charge >= 0.3 is 17.9 Å². The Hall–Kier alpha value is -4.32. The number of amides is 4. The monoisotopic (exact) mass is 826 g/mol. The van der Waals surface area contributed by atoms with Crippen molar-refractivity contribution in [1.29, 1.82) is 0 Å². The largest absolute Gasteiger partial charge is 0.481 e. The van der Waals surface area contributed by atoms with E-state index in [1.54, 1.807) is 6.07 Å². The minimum atomic E-state index is -1.16. The third-order valence-corrected chi connectivity index (χ3v) is 6.56. The number of aliphatic carboxylic acids is 3. The van der Waals surface area contributed by atoms with Crippen LogP contribution in [0.1, 0.15) is 123 Å². The van der Waals surface area contributed by atoms with Crippen LogP contribution < -0.4 is 27.2 Å². The molecule has 4 amide bonds. The van der Waals surface area contributed by atoms with Gasteiger partial charge in [0.25, 0.3) is 0 Å². The van der Waals surface area contributed by atoms with Crippen molar-refractivity contribution >= 4 is 52.0 Å². The number of hydrogen-bond donors (Lipinski definition) is 9. The highest BCUT2D eigenvalue weighted by Crippen LogP contribution is 2.01. The molecular formula is C36H68FN6O12P. The zero-order valence-corrected chi connectivity index (χ0v) is 34.6. The van der Waals surface area contributed by atoms with Gasteiger partial charge in [0, 0.05) is 51.5 Å². The molecule has 0 aliphatic rings. The molecule has 0 bridgehead atoms. The number of carbonyl (C=O) groups is 7. The molecule has 1 aromatic rings. The van der Waals surface area contributed by atoms with Crippen molar-refractivity contribution in [3.05, 3.63) is 29.8 Å². The molecule has 1 rings (SSSR count). The lowest BCUT2D eigenvalue weighted by Gasteiger charge is -2.10. The van der Waals surface area contributed by atoms with Crippen molar-refractivity contribution in [3.8, 4) is 0 Å². The number of nitrogens with two attached hydrogens (primary N) is 1. The molecule has 0 saturated carbocycles. The Morgan fingerprint density at radius 2 is 1.32 bits per heavy atom. The van der Waals surface area contributed by atoms with Gasteiger partial charge in [-0.2, -0.15) is 4.39 Å². The lowest BCUT2D eigenvalue weighted by molar-refractivity contribution is -0.141. The minimum absolute atomic E-state index is 0.0468. The number of aryl methyl sites for hydroxylation is 1. The van der Waals surface area contributed by atoms with Gasteiger partial charge in [-0.15, -0.1) is 0 Å². The summed E-state index contributed by atoms with van der Waals surface area (Å²) in [5.41, 5.74) is 0.978. The zero-order chi connectivity index (χ0) is 43.8. The van der Waals surface area contributed by atoms with Crippen LogP contribution in [0.3, 0.4) is 0 Å². The molecular weight excluding hydrogens is 758 g/mol. The van der Waals surface area contributed by atoms with Crippen LogP contribution in [-0.4, -0.2) is 100 Å². The molecule has 0 aliphatic carbocycles. The van der Waals surface area contributed by atoms with Gasteiger partial charge in [0.05, 0.1) is 6.61 Å². The molecule has 0 spiro atoms. The van der Waals surface area contributed by atoms with Crippen molar-refractivity contribution in [3.63, 3.8) is 0 Å². The molecule has 2 unspecified atom stereocenters. The minimum Gasteiger partial charge on any atom is -0.481 e. The Bertz CT molecular complexity index is 1070. The molecule has 56 heavy (non-hydrogen) atoms. The standard InChI is InChI=1S/C13H26N2O2.C10H19N3O5.C6H6FN.C5H8O4.C2H6.H3OP/c1-2-3-4-8-11-15-13(17)9-6-5-7-10-14-12-16;11-18-6-2-1-5-12-9(15)4-3-8(10(16)17)13-7-14;1-5-2-3-6(7)8-4-5;6-4(7)2-1-3-5(8)9;2*1-2/h12H,2-11H2,1H3,(H,14,16)(H,15,17);7-8H,1-6,11H2,(H,12,15)(H,13,14)(H,16,17);2-4H,1H3;1-3H2,(H,6,7)(H,8,9);1-2H3;1H,2H2. The molecule has 1 aromatic heterocycles. The number of hydrogen-bond acceptors (Lipinski definition) is 11. The van der Waals surface area contributed by atoms with Crippen LogP contribution in [0, 0.1) is 12.9 Å². The van der Waals surface area contributed by atoms with Gasteiger partial charge in [-0.3, -0.25) is 28.8 Å². The summed E-state index contributed by atoms with van der Waals surface area (Å²) in [5.74, 6) is 1.27. The van der Waals surface area contributed by atoms with E-state index in [0.29, 0.717) is 38.9 Å². The summed E-state index contributed by atoms with van der Waals surface area (Å²) in [7, 11) is 1.42. The number of carboxylic acid groups (broad SMARTS) is 3. The molecule has 0 saturated heterocycles. The highest BCUT2D eigenvalue weighted by molar-refractivity contribution is 7.08. The van der Waals surface area contributed by atoms with Crippen molar-refractivity contribution in [2.45, 2.75) is 130 Å². The maximum atomic E-state index is 12.0. The van der Waals surface area contributed by atoms with Gasteiger partial charge in [0.15, 0.2) is 0 Å². The molecule has 0 fully saturated rings. The molecule has 10 N–H and O–H groups in total. The fourth-order valence-corrected chi connectivity index (χ4v) is 3.72. The fourth-order valence-electron chi connectivity index (χ4n) is 3.72. The number of aromatic nitrogens is 1. The number of nitrogens with one attached hydrogen (secondary N) is 4. The van der Waals surface area contributed by atoms with Crippen LogP contribution in [0.5, 0.6) is 0 Å². The van der Waals surface area contributed by atoms with Gasteiger partial charge in [-0.05, 0) is 73.0 Å². The first kappa shape index (κ1) is 60.9. The third-order valence-electron chi connectivity index (χ3n) is 6.56. The maximum Gasteiger partial charge on any atom is 0.326 e. The van der Waals surface area contributed by atoms with Crippen LogP contribution in [0.2, 0.25) is 0 Å². The number of rotatable bonds is 27. The van der Waals surface area contributed by atoms with E-state index in [-0.39, 0.29) is 43.9 Å². The number of halogens is 1. The first-order valence-corrected chi connectivity index (χ1v) is 19.1. The number of unbranched alkanes of at least 4 members (excludes halogenated alkanes) is 6. The normalized spacial score (nSPS) is 9.71. The van der Waals surface area contributed by atoms with Crippen LogP contribution >= 0.6 is 9.47 Å². The Labute approximate surface area is 332 Å². The van der Waals surface area contributed by atoms with E-state index in [9.17, 15) is 38.0 Å². The van der Waals surface area contributed by atoms with Crippen LogP contribution in [0.4, 0.5) is 4.39 Å². The summed E-state index contributed by atoms with van der Waals surface area (Å²) >= 11 is 0. The number of carboxylic acids is 3. The predicted octanol–water partition coefficient (Wildman–Crippen LogP) is 3.39. The van der Waals surface area contributed by atoms with Crippen molar-refractivity contribution in [1.82, 2.24) is 26.3 Å². The molecule has 0 aliphatic heterocycles. The molecule has 20 heteroatoms. The molecule has 0 radical (unpaired) electrons. The summed E-state index contributed by atoms with van der Waals surface area (Å²) in [5, 5.41) is 35.1. The number of pyridine rings is 1. The maximum absolute atomic E-state index is 12.0. The van der Waals surface area contributed by atoms with Gasteiger partial charge in [-0.1, -0.05) is 52.5 Å². The van der Waals surface area contributed by atoms with Crippen LogP contribution in [0.15, 0.2) is 18.3 Å². The second-order valence-electron chi connectivity index (χ2n) is 11.2. The van der Waals surface area contributed by atoms with Crippen molar-refractivity contribution in [2.24, 2.45) is 5.90 Å². The Morgan fingerprint density at radius 1 is 0.786 bits per heavy atom. The van der Waals surface area contributed by atoms with Gasteiger partial charge in [0.2, 0.25) is 30.6 Å². The quantitative estimate of drug-likeness (QED) is 0.0202. The van der Waals surface area contributed by atoms with E-state index in [0.717, 1.165) is 50.6 Å². The summed E-state index contributed by atoms with van der Waals surface area (Å²) in [6.45, 7) is 10.5. The number of nitrogens with zero attached hydrogens (tertiary/aromatic N) is 1. The summed E-state index contributed by atoms with van der Waals surface area (Å²) in [6.07, 6.45) is 12.4. The highest BCUT2D eigenvalue weighted by Gasteiger charge is 2.17. The number of carbonyl (C=O) groups excluding carboxylic acids is 4. The average molecular weight is 827 g/mol. The molecule has 1 heterocycles. The lowest BCUT2D eigenvalue weighted by Crippen LogP contribution is -2.37. The van der Waals surface area contributed by atoms with E-state index < -0.39 is 29.9 Å². The van der Waals surface area contributed by atoms with Crippen molar-refractivity contribution < 1.29 is 63.0 Å². The second kappa shape index (κ2) is 50.7. The SMILES string of the molecule is CC.CCCCCCNC(=O)CCCCCNC=O.Cc1ccc(F)nc1.NOCCCCNC(=O)CCC(NC=O)C(=O)O.O=C(O)CCCC(=O)O.OP. The highest BCUT2D eigenvalue weighted by atomic mass is 31.0. The van der Waals surface area contributed by atoms with Gasteiger partial charge in [0.1, 0.15) is 6.04 Å². The zero-order valence-electron chi connectivity index (χ0n) is 33.4. The van der Waals surface area contributed by atoms with E-state index in [1.165, 1.54) is 41.0 Å². The second-order valence-corrected chi connectivity index (χ2v) is 11.2. The fraction of sp³-hybridized carbons (Fsp3) is 0.667. The van der Waals surface area contributed by atoms with E-state index >= 15 is 0 Å². The first-order chi connectivity index (χ1) is 26.8. The van der Waals surface area contributed by atoms with Gasteiger partial charge in [-0.25, -0.2) is 15.7 Å². The smallest absolute Gasteiger partial charge is 0.326 e. The first-order valence-electron chi connectivity index (χ1n) is 18.6. The molecule has 326 valence electrons.